The molecule has 1 aromatic heterocycles. The standard InChI is InChI=1S/C13H24N4S/c1-10(2)12-15-13(18-16-12)17(9-8-14)11-6-4-3-5-7-11/h10-11H,3-9,14H2,1-2H3. The highest BCUT2D eigenvalue weighted by molar-refractivity contribution is 7.09. The van der Waals surface area contributed by atoms with E-state index in [-0.39, 0.29) is 0 Å². The first-order chi connectivity index (χ1) is 8.72. The van der Waals surface area contributed by atoms with Crippen LogP contribution in [0.15, 0.2) is 0 Å². The fourth-order valence-corrected chi connectivity index (χ4v) is 3.45. The molecule has 4 nitrogen and oxygen atoms in total. The molecule has 18 heavy (non-hydrogen) atoms. The molecule has 0 spiro atoms. The number of anilines is 1. The zero-order chi connectivity index (χ0) is 13.0. The number of aromatic nitrogens is 2. The lowest BCUT2D eigenvalue weighted by atomic mass is 9.94. The van der Waals surface area contributed by atoms with Crippen molar-refractivity contribution in [3.05, 3.63) is 5.82 Å². The summed E-state index contributed by atoms with van der Waals surface area (Å²) in [6.07, 6.45) is 6.59. The van der Waals surface area contributed by atoms with Gasteiger partial charge in [0.2, 0.25) is 5.13 Å². The predicted octanol–water partition coefficient (Wildman–Crippen LogP) is 2.76. The van der Waals surface area contributed by atoms with E-state index in [9.17, 15) is 0 Å². The molecule has 0 radical (unpaired) electrons. The van der Waals surface area contributed by atoms with Gasteiger partial charge in [0.05, 0.1) is 0 Å². The number of rotatable bonds is 5. The average molecular weight is 268 g/mol. The lowest BCUT2D eigenvalue weighted by Gasteiger charge is -2.33. The molecule has 0 atom stereocenters. The summed E-state index contributed by atoms with van der Waals surface area (Å²) in [6, 6.07) is 0.621. The van der Waals surface area contributed by atoms with Gasteiger partial charge in [-0.25, -0.2) is 4.98 Å². The Kier molecular flexibility index (Phi) is 4.95. The van der Waals surface area contributed by atoms with E-state index in [1.165, 1.54) is 43.6 Å². The smallest absolute Gasteiger partial charge is 0.205 e. The van der Waals surface area contributed by atoms with Crippen LogP contribution < -0.4 is 10.6 Å². The van der Waals surface area contributed by atoms with Gasteiger partial charge in [-0.05, 0) is 12.8 Å². The second kappa shape index (κ2) is 6.48. The third kappa shape index (κ3) is 3.20. The zero-order valence-corrected chi connectivity index (χ0v) is 12.2. The van der Waals surface area contributed by atoms with E-state index in [1.54, 1.807) is 0 Å². The largest absolute Gasteiger partial charge is 0.343 e. The Bertz CT molecular complexity index is 358. The molecule has 0 aliphatic heterocycles. The van der Waals surface area contributed by atoms with E-state index in [0.29, 0.717) is 18.5 Å². The summed E-state index contributed by atoms with van der Waals surface area (Å²) >= 11 is 1.53. The number of nitrogens with zero attached hydrogens (tertiary/aromatic N) is 3. The summed E-state index contributed by atoms with van der Waals surface area (Å²) in [5.41, 5.74) is 5.75. The van der Waals surface area contributed by atoms with Gasteiger partial charge in [-0.1, -0.05) is 33.1 Å². The minimum atomic E-state index is 0.404. The van der Waals surface area contributed by atoms with Crippen LogP contribution in [0.3, 0.4) is 0 Å². The molecule has 1 saturated carbocycles. The summed E-state index contributed by atoms with van der Waals surface area (Å²) < 4.78 is 4.46. The van der Waals surface area contributed by atoms with Crippen molar-refractivity contribution >= 4 is 16.7 Å². The van der Waals surface area contributed by atoms with E-state index >= 15 is 0 Å². The molecule has 2 rings (SSSR count). The maximum Gasteiger partial charge on any atom is 0.205 e. The van der Waals surface area contributed by atoms with Gasteiger partial charge in [0.25, 0.3) is 0 Å². The molecular weight excluding hydrogens is 244 g/mol. The van der Waals surface area contributed by atoms with Crippen molar-refractivity contribution in [2.45, 2.75) is 57.9 Å². The number of hydrogen-bond donors (Lipinski definition) is 1. The van der Waals surface area contributed by atoms with Crippen LogP contribution in [0, 0.1) is 0 Å². The second-order valence-electron chi connectivity index (χ2n) is 5.36. The Morgan fingerprint density at radius 3 is 2.61 bits per heavy atom. The Morgan fingerprint density at radius 1 is 1.33 bits per heavy atom. The lowest BCUT2D eigenvalue weighted by Crippen LogP contribution is -2.40. The fraction of sp³-hybridized carbons (Fsp3) is 0.846. The van der Waals surface area contributed by atoms with Gasteiger partial charge < -0.3 is 10.6 Å². The van der Waals surface area contributed by atoms with Crippen molar-refractivity contribution in [3.8, 4) is 0 Å². The van der Waals surface area contributed by atoms with Gasteiger partial charge in [0, 0.05) is 36.6 Å². The minimum Gasteiger partial charge on any atom is -0.343 e. The molecule has 1 fully saturated rings. The molecule has 0 saturated heterocycles. The zero-order valence-electron chi connectivity index (χ0n) is 11.4. The van der Waals surface area contributed by atoms with Crippen LogP contribution in [0.2, 0.25) is 0 Å². The van der Waals surface area contributed by atoms with Crippen molar-refractivity contribution in [3.63, 3.8) is 0 Å². The highest BCUT2D eigenvalue weighted by Crippen LogP contribution is 2.29. The lowest BCUT2D eigenvalue weighted by molar-refractivity contribution is 0.415. The van der Waals surface area contributed by atoms with Gasteiger partial charge in [-0.3, -0.25) is 0 Å². The van der Waals surface area contributed by atoms with Gasteiger partial charge in [0.15, 0.2) is 0 Å². The fourth-order valence-electron chi connectivity index (χ4n) is 2.54. The first-order valence-corrected chi connectivity index (χ1v) is 7.80. The summed E-state index contributed by atoms with van der Waals surface area (Å²) in [5, 5.41) is 1.07. The van der Waals surface area contributed by atoms with Crippen LogP contribution in [-0.4, -0.2) is 28.5 Å². The molecule has 5 heteroatoms. The van der Waals surface area contributed by atoms with Crippen molar-refractivity contribution < 1.29 is 0 Å². The highest BCUT2D eigenvalue weighted by Gasteiger charge is 2.23. The van der Waals surface area contributed by atoms with Gasteiger partial charge in [-0.2, -0.15) is 4.37 Å². The van der Waals surface area contributed by atoms with E-state index in [2.05, 4.69) is 28.1 Å². The number of hydrogen-bond acceptors (Lipinski definition) is 5. The molecule has 0 bridgehead atoms. The van der Waals surface area contributed by atoms with Crippen LogP contribution in [-0.2, 0) is 0 Å². The van der Waals surface area contributed by atoms with Gasteiger partial charge >= 0.3 is 0 Å². The van der Waals surface area contributed by atoms with E-state index in [0.717, 1.165) is 17.5 Å². The number of nitrogens with two attached hydrogens (primary N) is 1. The Labute approximate surface area is 114 Å². The summed E-state index contributed by atoms with van der Waals surface area (Å²) in [5.74, 6) is 1.37. The van der Waals surface area contributed by atoms with E-state index in [4.69, 9.17) is 5.73 Å². The topological polar surface area (TPSA) is 55.0 Å². The molecule has 0 aromatic carbocycles. The van der Waals surface area contributed by atoms with Crippen molar-refractivity contribution in [2.24, 2.45) is 5.73 Å². The van der Waals surface area contributed by atoms with Crippen LogP contribution >= 0.6 is 11.5 Å². The van der Waals surface area contributed by atoms with Crippen molar-refractivity contribution in [2.75, 3.05) is 18.0 Å². The Hall–Kier alpha value is -0.680. The SMILES string of the molecule is CC(C)c1nsc(N(CCN)C2CCCCC2)n1. The molecule has 102 valence electrons. The molecule has 1 aliphatic rings. The highest BCUT2D eigenvalue weighted by atomic mass is 32.1. The van der Waals surface area contributed by atoms with E-state index < -0.39 is 0 Å². The first kappa shape index (κ1) is 13.7. The Morgan fingerprint density at radius 2 is 2.06 bits per heavy atom. The molecule has 2 N–H and O–H groups in total. The van der Waals surface area contributed by atoms with Crippen molar-refractivity contribution in [1.29, 1.82) is 0 Å². The van der Waals surface area contributed by atoms with Gasteiger partial charge in [0.1, 0.15) is 5.82 Å². The van der Waals surface area contributed by atoms with Crippen LogP contribution in [0.4, 0.5) is 5.13 Å². The first-order valence-electron chi connectivity index (χ1n) is 7.02. The summed E-state index contributed by atoms with van der Waals surface area (Å²) in [6.45, 7) is 5.86. The molecule has 0 unspecified atom stereocenters. The Balaban J connectivity index is 2.11. The van der Waals surface area contributed by atoms with Gasteiger partial charge in [-0.15, -0.1) is 0 Å². The summed E-state index contributed by atoms with van der Waals surface area (Å²) in [7, 11) is 0. The third-order valence-corrected chi connectivity index (χ3v) is 4.35. The van der Waals surface area contributed by atoms with Crippen LogP contribution in [0.25, 0.3) is 0 Å². The van der Waals surface area contributed by atoms with E-state index in [1.807, 2.05) is 0 Å². The normalized spacial score (nSPS) is 17.3. The summed E-state index contributed by atoms with van der Waals surface area (Å²) in [4.78, 5) is 7.07. The molecule has 1 aromatic rings. The maximum absolute atomic E-state index is 5.75. The van der Waals surface area contributed by atoms with Crippen LogP contribution in [0.5, 0.6) is 0 Å². The second-order valence-corrected chi connectivity index (χ2v) is 6.09. The molecule has 1 heterocycles. The predicted molar refractivity (Wildman–Crippen MR) is 77.3 cm³/mol. The monoisotopic (exact) mass is 268 g/mol. The molecular formula is C13H24N4S. The third-order valence-electron chi connectivity index (χ3n) is 3.58. The molecule has 1 aliphatic carbocycles. The maximum atomic E-state index is 5.75. The molecule has 0 amide bonds. The minimum absolute atomic E-state index is 0.404. The average Bonchev–Trinajstić information content (AvgIpc) is 2.86. The van der Waals surface area contributed by atoms with Crippen molar-refractivity contribution in [1.82, 2.24) is 9.36 Å². The quantitative estimate of drug-likeness (QED) is 0.892. The van der Waals surface area contributed by atoms with Crippen LogP contribution in [0.1, 0.15) is 57.7 Å².